The Bertz CT molecular complexity index is 453. The van der Waals surface area contributed by atoms with Crippen molar-refractivity contribution in [2.75, 3.05) is 5.75 Å². The molecule has 0 saturated heterocycles. The first-order valence-electron chi connectivity index (χ1n) is 5.94. The van der Waals surface area contributed by atoms with Crippen LogP contribution in [0.3, 0.4) is 0 Å². The van der Waals surface area contributed by atoms with Gasteiger partial charge in [0.15, 0.2) is 0 Å². The van der Waals surface area contributed by atoms with Crippen LogP contribution in [0.1, 0.15) is 19.8 Å². The molecule has 1 amide bonds. The van der Waals surface area contributed by atoms with Crippen LogP contribution in [0.15, 0.2) is 29.2 Å². The van der Waals surface area contributed by atoms with E-state index in [0.717, 1.165) is 11.8 Å². The van der Waals surface area contributed by atoms with E-state index in [1.807, 2.05) is 6.92 Å². The lowest BCUT2D eigenvalue weighted by Crippen LogP contribution is -2.41. The zero-order chi connectivity index (χ0) is 14.3. The normalized spacial score (nSPS) is 11.9. The highest BCUT2D eigenvalue weighted by Gasteiger charge is 2.18. The van der Waals surface area contributed by atoms with Crippen molar-refractivity contribution >= 4 is 23.6 Å². The number of benzene rings is 1. The molecule has 1 atom stereocenters. The highest BCUT2D eigenvalue weighted by Crippen LogP contribution is 2.20. The Morgan fingerprint density at radius 3 is 2.68 bits per heavy atom. The molecule has 1 aromatic carbocycles. The van der Waals surface area contributed by atoms with Crippen LogP contribution in [0.25, 0.3) is 0 Å². The summed E-state index contributed by atoms with van der Waals surface area (Å²) >= 11 is 1.05. The maximum atomic E-state index is 13.3. The number of carboxylic acids is 1. The van der Waals surface area contributed by atoms with Crippen LogP contribution in [0.5, 0.6) is 0 Å². The van der Waals surface area contributed by atoms with E-state index < -0.39 is 17.9 Å². The molecule has 104 valence electrons. The second-order valence-electron chi connectivity index (χ2n) is 3.97. The minimum atomic E-state index is -1.05. The summed E-state index contributed by atoms with van der Waals surface area (Å²) in [6.07, 6.45) is 1.04. The summed E-state index contributed by atoms with van der Waals surface area (Å²) in [6.45, 7) is 1.84. The summed E-state index contributed by atoms with van der Waals surface area (Å²) in [5.74, 6) is -1.85. The van der Waals surface area contributed by atoms with Gasteiger partial charge in [0.25, 0.3) is 0 Å². The number of carbonyl (C=O) groups excluding carboxylic acids is 1. The van der Waals surface area contributed by atoms with Gasteiger partial charge in [-0.1, -0.05) is 25.5 Å². The summed E-state index contributed by atoms with van der Waals surface area (Å²) in [6, 6.07) is 5.27. The first-order valence-corrected chi connectivity index (χ1v) is 6.92. The van der Waals surface area contributed by atoms with Gasteiger partial charge >= 0.3 is 5.97 Å². The molecule has 6 heteroatoms. The van der Waals surface area contributed by atoms with Crippen LogP contribution in [-0.4, -0.2) is 28.8 Å². The van der Waals surface area contributed by atoms with Crippen LogP contribution in [-0.2, 0) is 9.59 Å². The summed E-state index contributed by atoms with van der Waals surface area (Å²) in [5, 5.41) is 11.3. The average molecular weight is 285 g/mol. The molecule has 0 radical (unpaired) electrons. The molecule has 19 heavy (non-hydrogen) atoms. The zero-order valence-corrected chi connectivity index (χ0v) is 11.4. The quantitative estimate of drug-likeness (QED) is 0.754. The highest BCUT2D eigenvalue weighted by atomic mass is 32.2. The van der Waals surface area contributed by atoms with Crippen LogP contribution < -0.4 is 5.32 Å². The Balaban J connectivity index is 2.47. The Labute approximate surface area is 115 Å². The third-order valence-electron chi connectivity index (χ3n) is 2.41. The van der Waals surface area contributed by atoms with E-state index in [2.05, 4.69) is 5.32 Å². The lowest BCUT2D eigenvalue weighted by Gasteiger charge is -2.13. The maximum Gasteiger partial charge on any atom is 0.326 e. The van der Waals surface area contributed by atoms with E-state index >= 15 is 0 Å². The third kappa shape index (κ3) is 5.30. The molecule has 4 nitrogen and oxygen atoms in total. The predicted molar refractivity (Wildman–Crippen MR) is 71.6 cm³/mol. The molecular formula is C13H16FNO3S. The van der Waals surface area contributed by atoms with Gasteiger partial charge < -0.3 is 10.4 Å². The Morgan fingerprint density at radius 2 is 2.11 bits per heavy atom. The van der Waals surface area contributed by atoms with Gasteiger partial charge in [0.2, 0.25) is 5.91 Å². The average Bonchev–Trinajstić information content (AvgIpc) is 2.37. The Hall–Kier alpha value is -1.56. The Kier molecular flexibility index (Phi) is 6.35. The van der Waals surface area contributed by atoms with Gasteiger partial charge in [-0.25, -0.2) is 9.18 Å². The number of hydrogen-bond donors (Lipinski definition) is 2. The number of amides is 1. The smallest absolute Gasteiger partial charge is 0.326 e. The third-order valence-corrected chi connectivity index (χ3v) is 3.45. The number of rotatable bonds is 7. The minimum Gasteiger partial charge on any atom is -0.480 e. The first-order chi connectivity index (χ1) is 9.04. The van der Waals surface area contributed by atoms with Gasteiger partial charge in [-0.3, -0.25) is 4.79 Å². The maximum absolute atomic E-state index is 13.3. The van der Waals surface area contributed by atoms with Crippen molar-refractivity contribution in [3.05, 3.63) is 30.1 Å². The highest BCUT2D eigenvalue weighted by molar-refractivity contribution is 8.00. The largest absolute Gasteiger partial charge is 0.480 e. The van der Waals surface area contributed by atoms with E-state index in [9.17, 15) is 14.0 Å². The van der Waals surface area contributed by atoms with E-state index in [1.165, 1.54) is 6.07 Å². The van der Waals surface area contributed by atoms with Crippen LogP contribution in [0, 0.1) is 5.82 Å². The van der Waals surface area contributed by atoms with E-state index in [1.54, 1.807) is 18.2 Å². The molecule has 0 bridgehead atoms. The van der Waals surface area contributed by atoms with Crippen molar-refractivity contribution in [3.63, 3.8) is 0 Å². The molecule has 0 spiro atoms. The second-order valence-corrected chi connectivity index (χ2v) is 4.98. The van der Waals surface area contributed by atoms with Crippen LogP contribution in [0.2, 0.25) is 0 Å². The lowest BCUT2D eigenvalue weighted by atomic mass is 10.2. The molecular weight excluding hydrogens is 269 g/mol. The van der Waals surface area contributed by atoms with Gasteiger partial charge in [0.1, 0.15) is 11.9 Å². The second kappa shape index (κ2) is 7.78. The van der Waals surface area contributed by atoms with Gasteiger partial charge in [0, 0.05) is 4.90 Å². The molecule has 0 fully saturated rings. The summed E-state index contributed by atoms with van der Waals surface area (Å²) in [5.41, 5.74) is 0. The van der Waals surface area contributed by atoms with Crippen LogP contribution in [0.4, 0.5) is 4.39 Å². The van der Waals surface area contributed by atoms with E-state index in [-0.39, 0.29) is 11.6 Å². The predicted octanol–water partition coefficient (Wildman–Crippen LogP) is 2.29. The number of hydrogen-bond acceptors (Lipinski definition) is 3. The van der Waals surface area contributed by atoms with E-state index in [4.69, 9.17) is 5.11 Å². The molecule has 1 unspecified atom stereocenters. The molecule has 2 N–H and O–H groups in total. The van der Waals surface area contributed by atoms with Crippen molar-refractivity contribution in [2.24, 2.45) is 0 Å². The monoisotopic (exact) mass is 285 g/mol. The van der Waals surface area contributed by atoms with Crippen LogP contribution >= 0.6 is 11.8 Å². The van der Waals surface area contributed by atoms with Crippen molar-refractivity contribution < 1.29 is 19.1 Å². The molecule has 0 aliphatic carbocycles. The van der Waals surface area contributed by atoms with Gasteiger partial charge in [-0.05, 0) is 18.6 Å². The fraction of sp³-hybridized carbons (Fsp3) is 0.385. The molecule has 0 heterocycles. The number of carboxylic acid groups (broad SMARTS) is 1. The first kappa shape index (κ1) is 15.5. The van der Waals surface area contributed by atoms with Gasteiger partial charge in [-0.2, -0.15) is 0 Å². The number of halogens is 1. The summed E-state index contributed by atoms with van der Waals surface area (Å²) in [7, 11) is 0. The molecule has 0 saturated carbocycles. The molecule has 0 aromatic heterocycles. The van der Waals surface area contributed by atoms with Gasteiger partial charge in [0.05, 0.1) is 5.75 Å². The van der Waals surface area contributed by atoms with Gasteiger partial charge in [-0.15, -0.1) is 11.8 Å². The minimum absolute atomic E-state index is 0.00553. The van der Waals surface area contributed by atoms with Crippen molar-refractivity contribution in [3.8, 4) is 0 Å². The standard InChI is InChI=1S/C13H16FNO3S/c1-2-5-10(13(17)18)15-12(16)8-19-11-7-4-3-6-9(11)14/h3-4,6-7,10H,2,5,8H2,1H3,(H,15,16)(H,17,18). The number of nitrogens with one attached hydrogen (secondary N) is 1. The van der Waals surface area contributed by atoms with Crippen molar-refractivity contribution in [2.45, 2.75) is 30.7 Å². The molecule has 0 aliphatic heterocycles. The number of carbonyl (C=O) groups is 2. The lowest BCUT2D eigenvalue weighted by molar-refractivity contribution is -0.141. The fourth-order valence-electron chi connectivity index (χ4n) is 1.49. The van der Waals surface area contributed by atoms with Crippen molar-refractivity contribution in [1.29, 1.82) is 0 Å². The molecule has 1 rings (SSSR count). The fourth-order valence-corrected chi connectivity index (χ4v) is 2.24. The molecule has 1 aromatic rings. The summed E-state index contributed by atoms with van der Waals surface area (Å²) < 4.78 is 13.3. The SMILES string of the molecule is CCCC(NC(=O)CSc1ccccc1F)C(=O)O. The van der Waals surface area contributed by atoms with E-state index in [0.29, 0.717) is 17.7 Å². The number of thioether (sulfide) groups is 1. The topological polar surface area (TPSA) is 66.4 Å². The molecule has 0 aliphatic rings. The zero-order valence-electron chi connectivity index (χ0n) is 10.6. The Morgan fingerprint density at radius 1 is 1.42 bits per heavy atom. The van der Waals surface area contributed by atoms with Crippen molar-refractivity contribution in [1.82, 2.24) is 5.32 Å². The summed E-state index contributed by atoms with van der Waals surface area (Å²) in [4.78, 5) is 22.8. The number of aliphatic carboxylic acids is 1.